The lowest BCUT2D eigenvalue weighted by Crippen LogP contribution is -2.40. The molecule has 2 amide bonds. The average molecular weight is 526 g/mol. The predicted octanol–water partition coefficient (Wildman–Crippen LogP) is 1.27. The number of ether oxygens (including phenoxy) is 1. The third-order valence-electron chi connectivity index (χ3n) is 5.17. The summed E-state index contributed by atoms with van der Waals surface area (Å²) in [4.78, 5) is 48.6. The van der Waals surface area contributed by atoms with Gasteiger partial charge in [0.1, 0.15) is 17.8 Å². The van der Waals surface area contributed by atoms with Crippen molar-refractivity contribution in [2.24, 2.45) is 0 Å². The maximum atomic E-state index is 12.2. The Balaban J connectivity index is 1.73. The smallest absolute Gasteiger partial charge is 0.414 e. The molecule has 0 bridgehead atoms. The van der Waals surface area contributed by atoms with Crippen LogP contribution in [0.3, 0.4) is 0 Å². The van der Waals surface area contributed by atoms with Crippen molar-refractivity contribution in [1.82, 2.24) is 25.3 Å². The summed E-state index contributed by atoms with van der Waals surface area (Å²) in [6.07, 6.45) is -0.403. The Morgan fingerprint density at radius 1 is 0.868 bits per heavy atom. The van der Waals surface area contributed by atoms with Crippen molar-refractivity contribution >= 4 is 29.9 Å². The average Bonchev–Trinajstić information content (AvgIpc) is 2.88. The Morgan fingerprint density at radius 2 is 1.42 bits per heavy atom. The second kappa shape index (κ2) is 12.8. The number of nitrogens with one attached hydrogen (secondary N) is 3. The molecule has 1 aromatic heterocycles. The van der Waals surface area contributed by atoms with Gasteiger partial charge < -0.3 is 30.5 Å². The van der Waals surface area contributed by atoms with Crippen molar-refractivity contribution in [3.63, 3.8) is 0 Å². The van der Waals surface area contributed by atoms with Crippen molar-refractivity contribution in [1.29, 1.82) is 0 Å². The molecule has 1 heterocycles. The lowest BCUT2D eigenvalue weighted by molar-refractivity contribution is -0.138. The number of hydrogen-bond donors (Lipinski definition) is 6. The van der Waals surface area contributed by atoms with Crippen LogP contribution < -0.4 is 20.9 Å². The normalized spacial score (nSPS) is 12.1. The third-order valence-corrected chi connectivity index (χ3v) is 5.17. The van der Waals surface area contributed by atoms with Crippen LogP contribution in [0, 0.1) is 0 Å². The van der Waals surface area contributed by atoms with Crippen molar-refractivity contribution in [2.75, 3.05) is 24.7 Å². The first-order chi connectivity index (χ1) is 18.1. The lowest BCUT2D eigenvalue weighted by Gasteiger charge is -2.18. The van der Waals surface area contributed by atoms with E-state index in [-0.39, 0.29) is 24.7 Å². The molecule has 2 aromatic carbocycles. The van der Waals surface area contributed by atoms with E-state index < -0.39 is 36.1 Å². The van der Waals surface area contributed by atoms with E-state index in [1.54, 1.807) is 56.0 Å². The van der Waals surface area contributed by atoms with Crippen LogP contribution in [0.2, 0.25) is 0 Å². The minimum Gasteiger partial charge on any atom is -0.480 e. The van der Waals surface area contributed by atoms with E-state index in [0.717, 1.165) is 5.56 Å². The number of amides is 2. The van der Waals surface area contributed by atoms with Crippen LogP contribution in [0.5, 0.6) is 11.8 Å². The van der Waals surface area contributed by atoms with Gasteiger partial charge in [-0.15, -0.1) is 0 Å². The maximum Gasteiger partial charge on any atom is 0.414 e. The zero-order valence-corrected chi connectivity index (χ0v) is 20.5. The Labute approximate surface area is 217 Å². The van der Waals surface area contributed by atoms with Crippen LogP contribution in [-0.2, 0) is 22.4 Å². The van der Waals surface area contributed by atoms with Crippen molar-refractivity contribution in [3.05, 3.63) is 65.7 Å². The number of rotatable bonds is 11. The first-order valence-corrected chi connectivity index (χ1v) is 11.3. The van der Waals surface area contributed by atoms with Gasteiger partial charge in [-0.1, -0.05) is 42.5 Å². The molecule has 2 atom stereocenters. The molecule has 0 fully saturated rings. The summed E-state index contributed by atoms with van der Waals surface area (Å²) < 4.78 is 5.15. The zero-order chi connectivity index (χ0) is 27.7. The molecule has 0 saturated heterocycles. The van der Waals surface area contributed by atoms with Gasteiger partial charge in [0.05, 0.1) is 0 Å². The Hall–Kier alpha value is -4.98. The van der Waals surface area contributed by atoms with Crippen LogP contribution >= 0.6 is 0 Å². The Kier molecular flexibility index (Phi) is 9.31. The minimum atomic E-state index is -1.22. The fourth-order valence-corrected chi connectivity index (χ4v) is 3.26. The van der Waals surface area contributed by atoms with Gasteiger partial charge >= 0.3 is 18.1 Å². The molecule has 0 radical (unpaired) electrons. The van der Waals surface area contributed by atoms with Gasteiger partial charge in [-0.25, -0.2) is 15.1 Å². The molecule has 0 aliphatic rings. The number of benzene rings is 2. The number of aromatic hydroxyl groups is 1. The quantitative estimate of drug-likeness (QED) is 0.155. The second-order valence-corrected chi connectivity index (χ2v) is 8.29. The van der Waals surface area contributed by atoms with Gasteiger partial charge in [0.25, 0.3) is 5.91 Å². The first kappa shape index (κ1) is 27.6. The zero-order valence-electron chi connectivity index (χ0n) is 20.5. The van der Waals surface area contributed by atoms with Crippen LogP contribution in [0.25, 0.3) is 0 Å². The SMILES string of the molecule is CN(C)C(=O)Oc1ccc(C[C@H](Nc2nc(O)nc(NC(Cc3ccccc3)C(=O)NO)n2)C(=O)O)cc1. The van der Waals surface area contributed by atoms with Crippen molar-refractivity contribution in [3.8, 4) is 11.8 Å². The molecular formula is C24H27N7O7. The molecule has 0 aliphatic heterocycles. The number of carboxylic acid groups (broad SMARTS) is 1. The topological polar surface area (TPSA) is 199 Å². The molecule has 200 valence electrons. The van der Waals surface area contributed by atoms with E-state index >= 15 is 0 Å². The highest BCUT2D eigenvalue weighted by molar-refractivity contribution is 5.83. The lowest BCUT2D eigenvalue weighted by atomic mass is 10.1. The highest BCUT2D eigenvalue weighted by Gasteiger charge is 2.23. The number of carbonyl (C=O) groups excluding carboxylic acids is 2. The highest BCUT2D eigenvalue weighted by atomic mass is 16.6. The summed E-state index contributed by atoms with van der Waals surface area (Å²) in [7, 11) is 3.09. The Morgan fingerprint density at radius 3 is 1.97 bits per heavy atom. The predicted molar refractivity (Wildman–Crippen MR) is 134 cm³/mol. The first-order valence-electron chi connectivity index (χ1n) is 11.3. The molecule has 0 saturated carbocycles. The number of hydroxylamine groups is 1. The molecule has 38 heavy (non-hydrogen) atoms. The summed E-state index contributed by atoms with van der Waals surface area (Å²) >= 11 is 0. The van der Waals surface area contributed by atoms with Crippen molar-refractivity contribution in [2.45, 2.75) is 24.9 Å². The van der Waals surface area contributed by atoms with Crippen LogP contribution in [-0.4, -0.2) is 79.4 Å². The number of carboxylic acids is 1. The summed E-state index contributed by atoms with van der Waals surface area (Å²) in [6, 6.07) is 12.3. The fourth-order valence-electron chi connectivity index (χ4n) is 3.26. The third kappa shape index (κ3) is 8.03. The number of aromatic nitrogens is 3. The minimum absolute atomic E-state index is 0.00397. The van der Waals surface area contributed by atoms with Gasteiger partial charge in [-0.05, 0) is 23.3 Å². The van der Waals surface area contributed by atoms with Gasteiger partial charge in [-0.2, -0.15) is 15.0 Å². The van der Waals surface area contributed by atoms with Crippen LogP contribution in [0.4, 0.5) is 16.7 Å². The van der Waals surface area contributed by atoms with Gasteiger partial charge in [0.2, 0.25) is 11.9 Å². The number of nitrogens with zero attached hydrogens (tertiary/aromatic N) is 4. The molecule has 3 rings (SSSR count). The molecule has 0 spiro atoms. The van der Waals surface area contributed by atoms with E-state index in [1.807, 2.05) is 6.07 Å². The second-order valence-electron chi connectivity index (χ2n) is 8.29. The van der Waals surface area contributed by atoms with Gasteiger partial charge in [0, 0.05) is 26.9 Å². The van der Waals surface area contributed by atoms with E-state index in [9.17, 15) is 24.6 Å². The Bertz CT molecular complexity index is 1260. The molecule has 6 N–H and O–H groups in total. The summed E-state index contributed by atoms with van der Waals surface area (Å²) in [5.41, 5.74) is 2.95. The van der Waals surface area contributed by atoms with E-state index in [0.29, 0.717) is 11.3 Å². The number of hydrogen-bond acceptors (Lipinski definition) is 11. The summed E-state index contributed by atoms with van der Waals surface area (Å²) in [6.45, 7) is 0. The molecular weight excluding hydrogens is 498 g/mol. The fraction of sp³-hybridized carbons (Fsp3) is 0.250. The van der Waals surface area contributed by atoms with E-state index in [2.05, 4.69) is 25.6 Å². The maximum absolute atomic E-state index is 12.2. The number of aliphatic carboxylic acids is 1. The molecule has 3 aromatic rings. The van der Waals surface area contributed by atoms with Crippen LogP contribution in [0.1, 0.15) is 11.1 Å². The number of carbonyl (C=O) groups is 3. The standard InChI is InChI=1S/C24H27N7O7/c1-31(2)24(36)38-16-10-8-15(9-11-16)13-18(20(33)34)26-22-27-21(28-23(35)29-22)25-17(19(32)30-37)12-14-6-4-3-5-7-14/h3-11,17-18,37H,12-13H2,1-2H3,(H,30,32)(H,33,34)(H3,25,26,27,28,29,35)/t17?,18-/m0/s1. The molecule has 14 heteroatoms. The van der Waals surface area contributed by atoms with E-state index in [1.165, 1.54) is 17.0 Å². The van der Waals surface area contributed by atoms with Gasteiger partial charge in [-0.3, -0.25) is 10.0 Å². The highest BCUT2D eigenvalue weighted by Crippen LogP contribution is 2.17. The molecule has 1 unspecified atom stereocenters. The van der Waals surface area contributed by atoms with E-state index in [4.69, 9.17) is 9.94 Å². The molecule has 0 aliphatic carbocycles. The number of anilines is 2. The monoisotopic (exact) mass is 525 g/mol. The largest absolute Gasteiger partial charge is 0.480 e. The van der Waals surface area contributed by atoms with Crippen LogP contribution in [0.15, 0.2) is 54.6 Å². The van der Waals surface area contributed by atoms with Gasteiger partial charge in [0.15, 0.2) is 0 Å². The summed E-state index contributed by atoms with van der Waals surface area (Å²) in [5.74, 6) is -2.18. The summed E-state index contributed by atoms with van der Waals surface area (Å²) in [5, 5.41) is 34.2. The molecule has 14 nitrogen and oxygen atoms in total. The van der Waals surface area contributed by atoms with Crippen molar-refractivity contribution < 1.29 is 34.5 Å².